The Labute approximate surface area is 124 Å². The van der Waals surface area contributed by atoms with Gasteiger partial charge in [-0.3, -0.25) is 4.79 Å². The van der Waals surface area contributed by atoms with Gasteiger partial charge in [0.2, 0.25) is 5.91 Å². The molecule has 1 aromatic carbocycles. The predicted molar refractivity (Wildman–Crippen MR) is 80.3 cm³/mol. The Hall–Kier alpha value is -1.26. The van der Waals surface area contributed by atoms with Gasteiger partial charge in [-0.25, -0.2) is 0 Å². The zero-order valence-corrected chi connectivity index (χ0v) is 12.9. The van der Waals surface area contributed by atoms with E-state index in [0.29, 0.717) is 18.2 Å². The van der Waals surface area contributed by atoms with Gasteiger partial charge in [-0.2, -0.15) is 0 Å². The molecule has 2 rings (SSSR count). The van der Waals surface area contributed by atoms with Gasteiger partial charge in [0, 0.05) is 28.7 Å². The van der Waals surface area contributed by atoms with Crippen molar-refractivity contribution in [3.63, 3.8) is 0 Å². The van der Waals surface area contributed by atoms with Gasteiger partial charge in [0.05, 0.1) is 12.5 Å². The molecule has 1 heterocycles. The van der Waals surface area contributed by atoms with Crippen molar-refractivity contribution in [2.45, 2.75) is 39.2 Å². The molecule has 1 aliphatic heterocycles. The van der Waals surface area contributed by atoms with Crippen LogP contribution in [0.4, 0.5) is 0 Å². The topological polar surface area (TPSA) is 64.3 Å². The van der Waals surface area contributed by atoms with Crippen molar-refractivity contribution < 1.29 is 9.53 Å². The summed E-state index contributed by atoms with van der Waals surface area (Å²) in [4.78, 5) is 12.0. The number of carbonyl (C=O) groups is 1. The largest absolute Gasteiger partial charge is 0.493 e. The Bertz CT molecular complexity index is 529. The predicted octanol–water partition coefficient (Wildman–Crippen LogP) is 2.67. The number of benzene rings is 1. The van der Waals surface area contributed by atoms with Crippen molar-refractivity contribution >= 4 is 17.5 Å². The Balaban J connectivity index is 2.65. The second-order valence-electron chi connectivity index (χ2n) is 5.17. The Morgan fingerprint density at radius 3 is 2.80 bits per heavy atom. The first-order valence-corrected chi connectivity index (χ1v) is 7.34. The number of rotatable bonds is 4. The Kier molecular flexibility index (Phi) is 4.55. The molecule has 4 nitrogen and oxygen atoms in total. The Morgan fingerprint density at radius 1 is 1.60 bits per heavy atom. The van der Waals surface area contributed by atoms with Gasteiger partial charge >= 0.3 is 0 Å². The lowest BCUT2D eigenvalue weighted by atomic mass is 9.89. The van der Waals surface area contributed by atoms with Crippen LogP contribution in [0.1, 0.15) is 48.9 Å². The molecule has 2 atom stereocenters. The number of carbonyl (C=O) groups excluding carboxylic acids is 1. The molecule has 1 amide bonds. The fourth-order valence-corrected chi connectivity index (χ4v) is 2.92. The highest BCUT2D eigenvalue weighted by atomic mass is 35.5. The Morgan fingerprint density at radius 2 is 2.30 bits per heavy atom. The van der Waals surface area contributed by atoms with E-state index < -0.39 is 0 Å². The van der Waals surface area contributed by atoms with Gasteiger partial charge in [-0.15, -0.1) is 0 Å². The van der Waals surface area contributed by atoms with Crippen LogP contribution in [0.5, 0.6) is 5.75 Å². The minimum atomic E-state index is -0.201. The second-order valence-corrected chi connectivity index (χ2v) is 5.58. The maximum atomic E-state index is 12.0. The number of hydrogen-bond acceptors (Lipinski definition) is 3. The van der Waals surface area contributed by atoms with E-state index in [1.54, 1.807) is 0 Å². The van der Waals surface area contributed by atoms with Gasteiger partial charge in [0.1, 0.15) is 5.75 Å². The van der Waals surface area contributed by atoms with Gasteiger partial charge < -0.3 is 15.8 Å². The molecular weight excluding hydrogens is 276 g/mol. The zero-order valence-electron chi connectivity index (χ0n) is 12.1. The summed E-state index contributed by atoms with van der Waals surface area (Å²) in [7, 11) is 0. The van der Waals surface area contributed by atoms with Crippen LogP contribution in [0.2, 0.25) is 5.02 Å². The molecule has 3 N–H and O–H groups in total. The zero-order chi connectivity index (χ0) is 14.9. The lowest BCUT2D eigenvalue weighted by Crippen LogP contribution is -2.20. The average molecular weight is 297 g/mol. The quantitative estimate of drug-likeness (QED) is 0.898. The van der Waals surface area contributed by atoms with Gasteiger partial charge in [-0.05, 0) is 38.8 Å². The van der Waals surface area contributed by atoms with E-state index in [1.165, 1.54) is 0 Å². The molecule has 20 heavy (non-hydrogen) atoms. The minimum absolute atomic E-state index is 0.0342. The molecule has 0 aliphatic carbocycles. The van der Waals surface area contributed by atoms with Crippen molar-refractivity contribution in [3.8, 4) is 5.75 Å². The molecule has 110 valence electrons. The maximum Gasteiger partial charge on any atom is 0.227 e. The van der Waals surface area contributed by atoms with Crippen LogP contribution in [0.15, 0.2) is 6.07 Å². The molecule has 1 aromatic rings. The highest BCUT2D eigenvalue weighted by Crippen LogP contribution is 2.41. The van der Waals surface area contributed by atoms with E-state index in [2.05, 4.69) is 5.32 Å². The third-order valence-corrected chi connectivity index (χ3v) is 4.12. The summed E-state index contributed by atoms with van der Waals surface area (Å²) in [5.74, 6) is 0.561. The SMILES string of the molecule is CCOc1c([C@@H](C)N)cc(Cl)c(C)c1C1CCNC1=O. The normalized spacial score (nSPS) is 19.9. The number of halogens is 1. The highest BCUT2D eigenvalue weighted by molar-refractivity contribution is 6.31. The second kappa shape index (κ2) is 6.02. The van der Waals surface area contributed by atoms with Crippen LogP contribution in [-0.2, 0) is 4.79 Å². The van der Waals surface area contributed by atoms with Gasteiger partial charge in [0.25, 0.3) is 0 Å². The summed E-state index contributed by atoms with van der Waals surface area (Å²) in [6.45, 7) is 6.96. The summed E-state index contributed by atoms with van der Waals surface area (Å²) in [6, 6.07) is 1.65. The molecule has 1 saturated heterocycles. The van der Waals surface area contributed by atoms with Crippen LogP contribution >= 0.6 is 11.6 Å². The van der Waals surface area contributed by atoms with Crippen molar-refractivity contribution in [2.24, 2.45) is 5.73 Å². The first-order chi connectivity index (χ1) is 9.47. The first kappa shape index (κ1) is 15.1. The van der Waals surface area contributed by atoms with E-state index >= 15 is 0 Å². The van der Waals surface area contributed by atoms with Crippen LogP contribution in [0.3, 0.4) is 0 Å². The maximum absolute atomic E-state index is 12.0. The van der Waals surface area contributed by atoms with E-state index in [-0.39, 0.29) is 17.9 Å². The first-order valence-electron chi connectivity index (χ1n) is 6.96. The minimum Gasteiger partial charge on any atom is -0.493 e. The van der Waals surface area contributed by atoms with E-state index in [4.69, 9.17) is 22.1 Å². The summed E-state index contributed by atoms with van der Waals surface area (Å²) in [5, 5.41) is 3.50. The monoisotopic (exact) mass is 296 g/mol. The third kappa shape index (κ3) is 2.63. The van der Waals surface area contributed by atoms with Crippen LogP contribution < -0.4 is 15.8 Å². The molecule has 0 bridgehead atoms. The van der Waals surface area contributed by atoms with E-state index in [0.717, 1.165) is 28.9 Å². The molecule has 0 radical (unpaired) electrons. The number of nitrogens with one attached hydrogen (secondary N) is 1. The number of nitrogens with two attached hydrogens (primary N) is 1. The summed E-state index contributed by atoms with van der Waals surface area (Å²) >= 11 is 6.32. The summed E-state index contributed by atoms with van der Waals surface area (Å²) in [6.07, 6.45) is 0.762. The molecule has 1 unspecified atom stereocenters. The molecular formula is C15H21ClN2O2. The number of amides is 1. The molecule has 1 aliphatic rings. The van der Waals surface area contributed by atoms with Crippen LogP contribution in [-0.4, -0.2) is 19.1 Å². The average Bonchev–Trinajstić information content (AvgIpc) is 2.80. The number of hydrogen-bond donors (Lipinski definition) is 2. The molecule has 5 heteroatoms. The summed E-state index contributed by atoms with van der Waals surface area (Å²) < 4.78 is 5.81. The van der Waals surface area contributed by atoms with Crippen LogP contribution in [0.25, 0.3) is 0 Å². The van der Waals surface area contributed by atoms with Crippen molar-refractivity contribution in [2.75, 3.05) is 13.2 Å². The van der Waals surface area contributed by atoms with Gasteiger partial charge in [0.15, 0.2) is 0 Å². The standard InChI is InChI=1S/C15H21ClN2O2/c1-4-20-14-11(9(3)17)7-12(16)8(2)13(14)10-5-6-18-15(10)19/h7,9-10H,4-6,17H2,1-3H3,(H,18,19)/t9-,10?/m1/s1. The lowest BCUT2D eigenvalue weighted by molar-refractivity contribution is -0.120. The molecule has 0 aromatic heterocycles. The fraction of sp³-hybridized carbons (Fsp3) is 0.533. The van der Waals surface area contributed by atoms with Crippen molar-refractivity contribution in [1.82, 2.24) is 5.32 Å². The molecule has 0 saturated carbocycles. The van der Waals surface area contributed by atoms with E-state index in [9.17, 15) is 4.79 Å². The third-order valence-electron chi connectivity index (χ3n) is 3.73. The summed E-state index contributed by atoms with van der Waals surface area (Å²) in [5.41, 5.74) is 8.68. The highest BCUT2D eigenvalue weighted by Gasteiger charge is 2.32. The van der Waals surface area contributed by atoms with Crippen molar-refractivity contribution in [3.05, 3.63) is 27.8 Å². The fourth-order valence-electron chi connectivity index (χ4n) is 2.70. The number of ether oxygens (including phenoxy) is 1. The van der Waals surface area contributed by atoms with Gasteiger partial charge in [-0.1, -0.05) is 11.6 Å². The smallest absolute Gasteiger partial charge is 0.227 e. The van der Waals surface area contributed by atoms with Crippen molar-refractivity contribution in [1.29, 1.82) is 0 Å². The molecule has 1 fully saturated rings. The molecule has 0 spiro atoms. The van der Waals surface area contributed by atoms with E-state index in [1.807, 2.05) is 26.8 Å². The van der Waals surface area contributed by atoms with Crippen LogP contribution in [0, 0.1) is 6.92 Å². The lowest BCUT2D eigenvalue weighted by Gasteiger charge is -2.23.